The summed E-state index contributed by atoms with van der Waals surface area (Å²) in [5, 5.41) is 21.6. The fourth-order valence-electron chi connectivity index (χ4n) is 2.70. The Morgan fingerprint density at radius 1 is 1.47 bits per heavy atom. The van der Waals surface area contributed by atoms with E-state index in [0.717, 1.165) is 29.7 Å². The van der Waals surface area contributed by atoms with E-state index in [2.05, 4.69) is 26.1 Å². The van der Waals surface area contributed by atoms with Crippen LogP contribution in [0.1, 0.15) is 18.1 Å². The van der Waals surface area contributed by atoms with Gasteiger partial charge in [-0.15, -0.1) is 0 Å². The van der Waals surface area contributed by atoms with Gasteiger partial charge in [-0.2, -0.15) is 0 Å². The summed E-state index contributed by atoms with van der Waals surface area (Å²) in [5.74, 6) is -0.0750. The summed E-state index contributed by atoms with van der Waals surface area (Å²) < 4.78 is 0.861. The van der Waals surface area contributed by atoms with Crippen molar-refractivity contribution in [3.63, 3.8) is 0 Å². The molecule has 2 heterocycles. The van der Waals surface area contributed by atoms with Crippen LogP contribution in [-0.4, -0.2) is 35.8 Å². The van der Waals surface area contributed by atoms with Crippen molar-refractivity contribution in [2.45, 2.75) is 12.5 Å². The molecule has 2 aliphatic heterocycles. The predicted molar refractivity (Wildman–Crippen MR) is 75.1 cm³/mol. The van der Waals surface area contributed by atoms with Gasteiger partial charge in [-0.25, -0.2) is 0 Å². The third kappa shape index (κ3) is 2.13. The zero-order valence-electron chi connectivity index (χ0n) is 10.3. The van der Waals surface area contributed by atoms with Gasteiger partial charge >= 0.3 is 0 Å². The summed E-state index contributed by atoms with van der Waals surface area (Å²) in [6, 6.07) is 3.67. The second-order valence-electron chi connectivity index (χ2n) is 5.07. The van der Waals surface area contributed by atoms with E-state index in [1.807, 2.05) is 6.07 Å². The quantitative estimate of drug-likeness (QED) is 0.765. The van der Waals surface area contributed by atoms with Gasteiger partial charge in [-0.05, 0) is 34.5 Å². The van der Waals surface area contributed by atoms with E-state index in [1.54, 1.807) is 6.07 Å². The molecular formula is C13H15BrN2O3. The molecule has 5 nitrogen and oxygen atoms in total. The molecule has 19 heavy (non-hydrogen) atoms. The molecule has 1 fully saturated rings. The summed E-state index contributed by atoms with van der Waals surface area (Å²) in [7, 11) is 0. The summed E-state index contributed by atoms with van der Waals surface area (Å²) in [6.45, 7) is 1.90. The minimum Gasteiger partial charge on any atom is -0.396 e. The molecule has 6 heteroatoms. The van der Waals surface area contributed by atoms with Crippen LogP contribution in [0.3, 0.4) is 0 Å². The summed E-state index contributed by atoms with van der Waals surface area (Å²) in [6.07, 6.45) is -0.112. The fourth-order valence-corrected chi connectivity index (χ4v) is 3.31. The van der Waals surface area contributed by atoms with E-state index in [1.165, 1.54) is 0 Å². The van der Waals surface area contributed by atoms with Crippen LogP contribution in [0.5, 0.6) is 0 Å². The largest absolute Gasteiger partial charge is 0.396 e. The summed E-state index contributed by atoms with van der Waals surface area (Å²) >= 11 is 3.49. The lowest BCUT2D eigenvalue weighted by atomic mass is 10.1. The number of aliphatic hydroxyl groups is 2. The molecule has 0 spiro atoms. The second kappa shape index (κ2) is 4.77. The number of hydrogen-bond donors (Lipinski definition) is 3. The number of rotatable bonds is 2. The van der Waals surface area contributed by atoms with E-state index in [0.29, 0.717) is 17.2 Å². The van der Waals surface area contributed by atoms with Crippen LogP contribution in [0.4, 0.5) is 11.4 Å². The van der Waals surface area contributed by atoms with E-state index < -0.39 is 6.10 Å². The van der Waals surface area contributed by atoms with Crippen molar-refractivity contribution in [2.75, 3.05) is 29.9 Å². The second-order valence-corrected chi connectivity index (χ2v) is 5.92. The molecular weight excluding hydrogens is 312 g/mol. The normalized spacial score (nSPS) is 25.6. The highest BCUT2D eigenvalue weighted by molar-refractivity contribution is 9.10. The molecule has 2 unspecified atom stereocenters. The van der Waals surface area contributed by atoms with Crippen molar-refractivity contribution >= 4 is 33.2 Å². The molecule has 3 N–H and O–H groups in total. The molecule has 0 aromatic heterocycles. The van der Waals surface area contributed by atoms with Crippen LogP contribution in [-0.2, 0) is 4.79 Å². The van der Waals surface area contributed by atoms with Gasteiger partial charge in [-0.1, -0.05) is 0 Å². The summed E-state index contributed by atoms with van der Waals surface area (Å²) in [4.78, 5) is 13.6. The van der Waals surface area contributed by atoms with E-state index >= 15 is 0 Å². The number of hydrogen-bond acceptors (Lipinski definition) is 4. The Balaban J connectivity index is 1.92. The molecule has 2 atom stereocenters. The van der Waals surface area contributed by atoms with Gasteiger partial charge in [0.25, 0.3) is 5.91 Å². The first-order chi connectivity index (χ1) is 9.10. The van der Waals surface area contributed by atoms with Crippen molar-refractivity contribution in [2.24, 2.45) is 5.92 Å². The smallest absolute Gasteiger partial charge is 0.257 e. The molecule has 0 bridgehead atoms. The van der Waals surface area contributed by atoms with Crippen LogP contribution < -0.4 is 10.2 Å². The minimum atomic E-state index is -1.08. The number of carbonyl (C=O) groups excluding carboxylic acids is 1. The predicted octanol–water partition coefficient (Wildman–Crippen LogP) is 1.25. The first-order valence-corrected chi connectivity index (χ1v) is 7.07. The molecule has 1 saturated heterocycles. The van der Waals surface area contributed by atoms with Gasteiger partial charge in [0.15, 0.2) is 6.10 Å². The van der Waals surface area contributed by atoms with Crippen LogP contribution in [0.2, 0.25) is 0 Å². The standard InChI is InChI=1S/C13H15BrN2O3/c14-9-3-8-10(15-13(19)12(8)18)4-11(9)16-2-1-7(5-16)6-17/h3-4,7,12,17-18H,1-2,5-6H2,(H,15,19). The first-order valence-electron chi connectivity index (χ1n) is 6.28. The van der Waals surface area contributed by atoms with Crippen LogP contribution in [0.15, 0.2) is 16.6 Å². The maximum Gasteiger partial charge on any atom is 0.257 e. The molecule has 1 aromatic rings. The van der Waals surface area contributed by atoms with Crippen LogP contribution >= 0.6 is 15.9 Å². The van der Waals surface area contributed by atoms with E-state index in [9.17, 15) is 15.0 Å². The number of aliphatic hydroxyl groups excluding tert-OH is 2. The molecule has 3 rings (SSSR count). The average Bonchev–Trinajstić information content (AvgIpc) is 2.96. The van der Waals surface area contributed by atoms with Crippen molar-refractivity contribution in [3.8, 4) is 0 Å². The van der Waals surface area contributed by atoms with Crippen LogP contribution in [0.25, 0.3) is 0 Å². The number of fused-ring (bicyclic) bond motifs is 1. The number of carbonyl (C=O) groups is 1. The minimum absolute atomic E-state index is 0.203. The number of nitrogens with one attached hydrogen (secondary N) is 1. The monoisotopic (exact) mass is 326 g/mol. The van der Waals surface area contributed by atoms with E-state index in [-0.39, 0.29) is 12.5 Å². The lowest BCUT2D eigenvalue weighted by Crippen LogP contribution is -2.21. The molecule has 0 saturated carbocycles. The Morgan fingerprint density at radius 3 is 2.95 bits per heavy atom. The highest BCUT2D eigenvalue weighted by Crippen LogP contribution is 2.40. The number of benzene rings is 1. The molecule has 1 aromatic carbocycles. The average molecular weight is 327 g/mol. The Kier molecular flexibility index (Phi) is 3.24. The van der Waals surface area contributed by atoms with Gasteiger partial charge in [0.2, 0.25) is 0 Å². The van der Waals surface area contributed by atoms with Gasteiger partial charge in [-0.3, -0.25) is 4.79 Å². The van der Waals surface area contributed by atoms with Crippen molar-refractivity contribution in [3.05, 3.63) is 22.2 Å². The topological polar surface area (TPSA) is 72.8 Å². The number of nitrogens with zero attached hydrogens (tertiary/aromatic N) is 1. The third-order valence-electron chi connectivity index (χ3n) is 3.80. The highest BCUT2D eigenvalue weighted by atomic mass is 79.9. The van der Waals surface area contributed by atoms with Gasteiger partial charge < -0.3 is 20.4 Å². The third-order valence-corrected chi connectivity index (χ3v) is 4.44. The van der Waals surface area contributed by atoms with Gasteiger partial charge in [0, 0.05) is 41.3 Å². The van der Waals surface area contributed by atoms with Crippen LogP contribution in [0, 0.1) is 5.92 Å². The Morgan fingerprint density at radius 2 is 2.26 bits per heavy atom. The maximum absolute atomic E-state index is 11.5. The fraction of sp³-hybridized carbons (Fsp3) is 0.462. The number of anilines is 2. The molecule has 102 valence electrons. The molecule has 1 amide bonds. The zero-order chi connectivity index (χ0) is 13.6. The lowest BCUT2D eigenvalue weighted by molar-refractivity contribution is -0.123. The Labute approximate surface area is 119 Å². The number of amides is 1. The Bertz CT molecular complexity index is 535. The van der Waals surface area contributed by atoms with Gasteiger partial charge in [0.05, 0.1) is 5.69 Å². The molecule has 0 radical (unpaired) electrons. The van der Waals surface area contributed by atoms with Crippen molar-refractivity contribution in [1.29, 1.82) is 0 Å². The number of halogens is 1. The van der Waals surface area contributed by atoms with Crippen molar-refractivity contribution < 1.29 is 15.0 Å². The lowest BCUT2D eigenvalue weighted by Gasteiger charge is -2.21. The molecule has 2 aliphatic rings. The SMILES string of the molecule is O=C1Nc2cc(N3CCC(CO)C3)c(Br)cc2C1O. The summed E-state index contributed by atoms with van der Waals surface area (Å²) in [5.41, 5.74) is 2.27. The van der Waals surface area contributed by atoms with Crippen molar-refractivity contribution in [1.82, 2.24) is 0 Å². The highest BCUT2D eigenvalue weighted by Gasteiger charge is 2.31. The van der Waals surface area contributed by atoms with Gasteiger partial charge in [0.1, 0.15) is 0 Å². The van der Waals surface area contributed by atoms with E-state index in [4.69, 9.17) is 0 Å². The Hall–Kier alpha value is -1.11. The zero-order valence-corrected chi connectivity index (χ0v) is 11.9. The molecule has 0 aliphatic carbocycles. The maximum atomic E-state index is 11.5. The first kappa shape index (κ1) is 12.9.